The first kappa shape index (κ1) is 15.3. The average Bonchev–Trinajstić information content (AvgIpc) is 2.08. The Morgan fingerprint density at radius 1 is 1.00 bits per heavy atom. The van der Waals surface area contributed by atoms with Crippen LogP contribution in [-0.2, 0) is 0 Å². The summed E-state index contributed by atoms with van der Waals surface area (Å²) >= 11 is 0. The highest BCUT2D eigenvalue weighted by Crippen LogP contribution is 2.51. The third-order valence-electron chi connectivity index (χ3n) is 2.72. The van der Waals surface area contributed by atoms with E-state index >= 15 is 4.11 Å². The Balaban J connectivity index is 5.12. The van der Waals surface area contributed by atoms with Gasteiger partial charge in [-0.1, -0.05) is 47.1 Å². The Morgan fingerprint density at radius 3 is 1.75 bits per heavy atom. The van der Waals surface area contributed by atoms with E-state index in [1.165, 1.54) is 0 Å². The van der Waals surface area contributed by atoms with Crippen molar-refractivity contribution < 1.29 is 4.11 Å². The van der Waals surface area contributed by atoms with E-state index in [1.807, 2.05) is 41.5 Å². The fourth-order valence-electron chi connectivity index (χ4n) is 1.82. The summed E-state index contributed by atoms with van der Waals surface area (Å²) in [7, 11) is -3.13. The third-order valence-corrected chi connectivity index (χ3v) is 7.38. The molecule has 0 radical (unpaired) electrons. The molecule has 0 unspecified atom stereocenters. The molecule has 0 aliphatic rings. The fourth-order valence-corrected chi connectivity index (χ4v) is 5.19. The topological polar surface area (TPSA) is 0 Å². The van der Waals surface area contributed by atoms with E-state index in [0.29, 0.717) is 12.8 Å². The molecule has 0 fully saturated rings. The summed E-state index contributed by atoms with van der Waals surface area (Å²) < 4.78 is 15.1. The van der Waals surface area contributed by atoms with Crippen LogP contribution in [0.1, 0.15) is 54.4 Å². The van der Waals surface area contributed by atoms with E-state index in [4.69, 9.17) is 6.42 Å². The van der Waals surface area contributed by atoms with Crippen molar-refractivity contribution in [2.75, 3.05) is 0 Å². The molecule has 0 rings (SSSR count). The molecule has 0 aromatic rings. The van der Waals surface area contributed by atoms with Gasteiger partial charge in [0.2, 0.25) is 0 Å². The summed E-state index contributed by atoms with van der Waals surface area (Å²) in [5.74, 6) is 5.46. The highest BCUT2D eigenvalue weighted by molar-refractivity contribution is 6.86. The van der Waals surface area contributed by atoms with Gasteiger partial charge in [-0.2, -0.15) is 0 Å². The maximum Gasteiger partial charge on any atom is 0.333 e. The smallest absolute Gasteiger partial charge is 0.296 e. The highest BCUT2D eigenvalue weighted by Gasteiger charge is 2.54. The van der Waals surface area contributed by atoms with Crippen LogP contribution in [0.15, 0.2) is 0 Å². The van der Waals surface area contributed by atoms with Crippen LogP contribution in [0, 0.1) is 23.8 Å². The number of unbranched alkanes of at least 4 members (excludes halogenated alkanes) is 1. The van der Waals surface area contributed by atoms with Gasteiger partial charge in [0.1, 0.15) is 0 Å². The Labute approximate surface area is 101 Å². The molecule has 90 valence electrons. The van der Waals surface area contributed by atoms with Gasteiger partial charge in [0.05, 0.1) is 0 Å². The van der Waals surface area contributed by atoms with Crippen molar-refractivity contribution in [2.45, 2.75) is 64.5 Å². The second-order valence-electron chi connectivity index (χ2n) is 6.16. The molecule has 0 amide bonds. The minimum Gasteiger partial charge on any atom is -0.296 e. The van der Waals surface area contributed by atoms with Crippen LogP contribution in [0.5, 0.6) is 0 Å². The van der Waals surface area contributed by atoms with Gasteiger partial charge >= 0.3 is 8.41 Å². The second kappa shape index (κ2) is 5.06. The summed E-state index contributed by atoms with van der Waals surface area (Å²) in [5, 5.41) is -0.733. The van der Waals surface area contributed by atoms with Gasteiger partial charge in [-0.25, -0.2) is 0 Å². The van der Waals surface area contributed by atoms with Crippen LogP contribution in [0.25, 0.3) is 0 Å². The minimum atomic E-state index is -3.13. The molecular weight excluding hydrogens is 215 g/mol. The number of terminal acetylenes is 1. The Kier molecular flexibility index (Phi) is 4.83. The maximum absolute atomic E-state index is 15.1. The van der Waals surface area contributed by atoms with Crippen molar-refractivity contribution in [1.82, 2.24) is 0 Å². The highest BCUT2D eigenvalue weighted by atomic mass is 28.4. The van der Waals surface area contributed by atoms with Gasteiger partial charge in [0.25, 0.3) is 0 Å². The molecule has 0 spiro atoms. The standard InChI is InChI=1S/C14H23FSi/c1-8-9-10-11-12-16(15,13(2,3)4)14(5,6)7/h1H,9-10H2,2-7H3. The summed E-state index contributed by atoms with van der Waals surface area (Å²) in [6, 6.07) is 0. The molecule has 0 saturated heterocycles. The van der Waals surface area contributed by atoms with Crippen LogP contribution in [0.3, 0.4) is 0 Å². The van der Waals surface area contributed by atoms with E-state index in [1.54, 1.807) is 0 Å². The molecule has 2 heteroatoms. The predicted molar refractivity (Wildman–Crippen MR) is 72.1 cm³/mol. The molecule has 0 aromatic heterocycles. The predicted octanol–water partition coefficient (Wildman–Crippen LogP) is 4.46. The lowest BCUT2D eigenvalue weighted by Crippen LogP contribution is -2.47. The van der Waals surface area contributed by atoms with E-state index in [2.05, 4.69) is 17.4 Å². The Hall–Kier alpha value is -0.733. The zero-order valence-electron chi connectivity index (χ0n) is 11.4. The maximum atomic E-state index is 15.1. The van der Waals surface area contributed by atoms with Crippen molar-refractivity contribution >= 4 is 8.41 Å². The summed E-state index contributed by atoms with van der Waals surface area (Å²) in [6.45, 7) is 11.7. The first-order chi connectivity index (χ1) is 7.06. The molecule has 0 aliphatic heterocycles. The van der Waals surface area contributed by atoms with E-state index < -0.39 is 8.41 Å². The van der Waals surface area contributed by atoms with Crippen LogP contribution >= 0.6 is 0 Å². The zero-order valence-corrected chi connectivity index (χ0v) is 12.4. The molecule has 0 aliphatic carbocycles. The van der Waals surface area contributed by atoms with Crippen LogP contribution in [0.4, 0.5) is 4.11 Å². The van der Waals surface area contributed by atoms with Crippen molar-refractivity contribution in [3.8, 4) is 23.8 Å². The molecular formula is C14H23FSi. The van der Waals surface area contributed by atoms with Crippen molar-refractivity contribution in [3.05, 3.63) is 0 Å². The summed E-state index contributed by atoms with van der Waals surface area (Å²) in [6.07, 6.45) is 6.35. The number of hydrogen-bond donors (Lipinski definition) is 0. The van der Waals surface area contributed by atoms with Gasteiger partial charge in [-0.05, 0) is 10.1 Å². The van der Waals surface area contributed by atoms with Crippen molar-refractivity contribution in [2.24, 2.45) is 0 Å². The lowest BCUT2D eigenvalue weighted by Gasteiger charge is -2.40. The lowest BCUT2D eigenvalue weighted by atomic mass is 10.2. The largest absolute Gasteiger partial charge is 0.333 e. The van der Waals surface area contributed by atoms with Gasteiger partial charge in [-0.15, -0.1) is 18.3 Å². The first-order valence-corrected chi connectivity index (χ1v) is 7.56. The van der Waals surface area contributed by atoms with E-state index in [0.717, 1.165) is 0 Å². The van der Waals surface area contributed by atoms with Gasteiger partial charge in [0.15, 0.2) is 0 Å². The average molecular weight is 238 g/mol. The molecule has 16 heavy (non-hydrogen) atoms. The van der Waals surface area contributed by atoms with Gasteiger partial charge < -0.3 is 0 Å². The van der Waals surface area contributed by atoms with Crippen LogP contribution in [0.2, 0.25) is 10.1 Å². The molecule has 0 nitrogen and oxygen atoms in total. The first-order valence-electron chi connectivity index (χ1n) is 5.68. The van der Waals surface area contributed by atoms with Crippen molar-refractivity contribution in [3.63, 3.8) is 0 Å². The molecule has 0 saturated carbocycles. The number of halogens is 1. The Bertz CT molecular complexity index is 311. The third kappa shape index (κ3) is 3.39. The quantitative estimate of drug-likeness (QED) is 0.274. The normalized spacial score (nSPS) is 12.6. The zero-order chi connectivity index (χ0) is 13.0. The molecule has 0 N–H and O–H groups in total. The molecule has 0 aromatic carbocycles. The number of hydrogen-bond acceptors (Lipinski definition) is 0. The van der Waals surface area contributed by atoms with Gasteiger partial charge in [-0.3, -0.25) is 4.11 Å². The van der Waals surface area contributed by atoms with E-state index in [9.17, 15) is 0 Å². The minimum absolute atomic E-state index is 0.367. The lowest BCUT2D eigenvalue weighted by molar-refractivity contribution is 0.537. The molecule has 0 atom stereocenters. The van der Waals surface area contributed by atoms with Gasteiger partial charge in [0, 0.05) is 12.8 Å². The monoisotopic (exact) mass is 238 g/mol. The SMILES string of the molecule is C#CCCC#C[Si](F)(C(C)(C)C)C(C)(C)C. The fraction of sp³-hybridized carbons (Fsp3) is 0.714. The van der Waals surface area contributed by atoms with Crippen LogP contribution < -0.4 is 0 Å². The van der Waals surface area contributed by atoms with Crippen LogP contribution in [-0.4, -0.2) is 8.41 Å². The number of rotatable bonds is 1. The summed E-state index contributed by atoms with van der Waals surface area (Å²) in [5.41, 5.74) is 2.94. The summed E-state index contributed by atoms with van der Waals surface area (Å²) in [4.78, 5) is 0. The molecule has 0 bridgehead atoms. The Morgan fingerprint density at radius 2 is 1.44 bits per heavy atom. The van der Waals surface area contributed by atoms with E-state index in [-0.39, 0.29) is 10.1 Å². The second-order valence-corrected chi connectivity index (χ2v) is 10.7. The molecule has 0 heterocycles. The van der Waals surface area contributed by atoms with Crippen molar-refractivity contribution in [1.29, 1.82) is 0 Å².